The molecule has 1 aliphatic heterocycles. The Balaban J connectivity index is 2.09. The van der Waals surface area contributed by atoms with Gasteiger partial charge in [-0.05, 0) is 23.5 Å². The molecule has 1 aromatic rings. The van der Waals surface area contributed by atoms with Gasteiger partial charge in [-0.15, -0.1) is 0 Å². The van der Waals surface area contributed by atoms with Crippen LogP contribution in [-0.4, -0.2) is 36.2 Å². The van der Waals surface area contributed by atoms with Crippen LogP contribution in [0.15, 0.2) is 40.8 Å². The second kappa shape index (κ2) is 7.48. The summed E-state index contributed by atoms with van der Waals surface area (Å²) in [5.41, 5.74) is 8.19. The van der Waals surface area contributed by atoms with Gasteiger partial charge < -0.3 is 10.5 Å². The topological polar surface area (TPSA) is 101 Å². The number of ether oxygens (including phenoxy) is 1. The van der Waals surface area contributed by atoms with Crippen molar-refractivity contribution in [2.45, 2.75) is 32.6 Å². The predicted octanol–water partition coefficient (Wildman–Crippen LogP) is 2.38. The molecular weight excluding hydrogens is 328 g/mol. The van der Waals surface area contributed by atoms with E-state index < -0.39 is 0 Å². The highest BCUT2D eigenvalue weighted by Gasteiger charge is 2.46. The molecule has 1 aliphatic carbocycles. The molecule has 2 heterocycles. The van der Waals surface area contributed by atoms with Gasteiger partial charge in [0, 0.05) is 37.0 Å². The second-order valence-corrected chi connectivity index (χ2v) is 7.64. The Morgan fingerprint density at radius 3 is 2.85 bits per heavy atom. The van der Waals surface area contributed by atoms with Gasteiger partial charge in [0.15, 0.2) is 0 Å². The van der Waals surface area contributed by atoms with E-state index in [1.807, 2.05) is 12.1 Å². The molecule has 6 nitrogen and oxygen atoms in total. The van der Waals surface area contributed by atoms with Gasteiger partial charge in [-0.25, -0.2) is 0 Å². The van der Waals surface area contributed by atoms with Crippen LogP contribution in [0.3, 0.4) is 0 Å². The monoisotopic (exact) mass is 352 g/mol. The lowest BCUT2D eigenvalue weighted by Crippen LogP contribution is -2.43. The number of carbonyl (C=O) groups is 1. The number of fused-ring (bicyclic) bond motifs is 1. The van der Waals surface area contributed by atoms with Gasteiger partial charge in [-0.1, -0.05) is 19.9 Å². The molecule has 0 bridgehead atoms. The van der Waals surface area contributed by atoms with Crippen molar-refractivity contribution in [1.29, 1.82) is 5.26 Å². The summed E-state index contributed by atoms with van der Waals surface area (Å²) in [6.45, 7) is 5.19. The van der Waals surface area contributed by atoms with Gasteiger partial charge in [0.2, 0.25) is 0 Å². The van der Waals surface area contributed by atoms with E-state index in [1.165, 1.54) is 0 Å². The molecule has 1 saturated carbocycles. The van der Waals surface area contributed by atoms with E-state index in [1.54, 1.807) is 12.4 Å². The van der Waals surface area contributed by atoms with Crippen molar-refractivity contribution in [3.63, 3.8) is 0 Å². The molecule has 136 valence electrons. The zero-order chi connectivity index (χ0) is 18.7. The third-order valence-electron chi connectivity index (χ3n) is 4.92. The van der Waals surface area contributed by atoms with Crippen molar-refractivity contribution in [3.8, 4) is 6.07 Å². The SMILES string of the molecule is CC1(C)CC(=O)C2C(=NC(COCCN)=C(C#N)C2c2cccnc2)C1. The number of aromatic nitrogens is 1. The normalized spacial score (nSPS) is 24.7. The summed E-state index contributed by atoms with van der Waals surface area (Å²) in [6.07, 6.45) is 4.65. The standard InChI is InChI=1S/C20H24N4O2/c1-20(2)8-15-19(17(25)9-20)18(13-4-3-6-23-11-13)14(10-22)16(24-15)12-26-7-5-21/h3-4,6,11,18-19H,5,7-9,12,21H2,1-2H3. The quantitative estimate of drug-likeness (QED) is 0.820. The molecule has 0 aromatic carbocycles. The fourth-order valence-electron chi connectivity index (χ4n) is 3.91. The first-order valence-corrected chi connectivity index (χ1v) is 8.88. The lowest BCUT2D eigenvalue weighted by molar-refractivity contribution is -0.124. The number of hydrogen-bond acceptors (Lipinski definition) is 6. The van der Waals surface area contributed by atoms with Crippen LogP contribution in [0.1, 0.15) is 38.2 Å². The Labute approximate surface area is 153 Å². The van der Waals surface area contributed by atoms with Crippen LogP contribution in [0.2, 0.25) is 0 Å². The molecule has 2 unspecified atom stereocenters. The van der Waals surface area contributed by atoms with Crippen LogP contribution in [-0.2, 0) is 9.53 Å². The van der Waals surface area contributed by atoms with Gasteiger partial charge >= 0.3 is 0 Å². The maximum Gasteiger partial charge on any atom is 0.143 e. The van der Waals surface area contributed by atoms with Gasteiger partial charge in [-0.3, -0.25) is 14.8 Å². The van der Waals surface area contributed by atoms with E-state index in [2.05, 4.69) is 24.9 Å². The van der Waals surface area contributed by atoms with E-state index in [0.717, 1.165) is 17.7 Å². The number of Topliss-reactive ketones (excluding diaryl/α,β-unsaturated/α-hetero) is 1. The average Bonchev–Trinajstić information content (AvgIpc) is 2.60. The number of rotatable bonds is 5. The molecule has 1 aromatic heterocycles. The van der Waals surface area contributed by atoms with Gasteiger partial charge in [0.25, 0.3) is 0 Å². The molecule has 0 spiro atoms. The summed E-state index contributed by atoms with van der Waals surface area (Å²) in [6, 6.07) is 6.04. The fraction of sp³-hybridized carbons (Fsp3) is 0.500. The maximum atomic E-state index is 13.0. The second-order valence-electron chi connectivity index (χ2n) is 7.64. The molecule has 2 aliphatic rings. The first kappa shape index (κ1) is 18.4. The van der Waals surface area contributed by atoms with E-state index in [0.29, 0.717) is 30.8 Å². The van der Waals surface area contributed by atoms with Crippen LogP contribution in [0.4, 0.5) is 0 Å². The minimum absolute atomic E-state index is 0.126. The van der Waals surface area contributed by atoms with Crippen LogP contribution >= 0.6 is 0 Å². The number of carbonyl (C=O) groups excluding carboxylic acids is 1. The molecule has 2 N–H and O–H groups in total. The van der Waals surface area contributed by atoms with E-state index in [-0.39, 0.29) is 29.6 Å². The Hall–Kier alpha value is -2.36. The summed E-state index contributed by atoms with van der Waals surface area (Å²) in [7, 11) is 0. The highest BCUT2D eigenvalue weighted by Crippen LogP contribution is 2.46. The number of nitrogens with two attached hydrogens (primary N) is 1. The number of aliphatic imine (C=N–C) groups is 1. The molecule has 26 heavy (non-hydrogen) atoms. The maximum absolute atomic E-state index is 13.0. The first-order chi connectivity index (χ1) is 12.5. The summed E-state index contributed by atoms with van der Waals surface area (Å²) in [5, 5.41) is 9.84. The van der Waals surface area contributed by atoms with Gasteiger partial charge in [0.05, 0.1) is 36.5 Å². The van der Waals surface area contributed by atoms with Gasteiger partial charge in [-0.2, -0.15) is 5.26 Å². The number of pyridine rings is 1. The number of hydrogen-bond donors (Lipinski definition) is 1. The molecular formula is C20H24N4O2. The summed E-state index contributed by atoms with van der Waals surface area (Å²) < 4.78 is 5.56. The van der Waals surface area contributed by atoms with Crippen LogP contribution in [0, 0.1) is 22.7 Å². The van der Waals surface area contributed by atoms with Crippen molar-refractivity contribution in [2.24, 2.45) is 22.1 Å². The Bertz CT molecular complexity index is 790. The minimum Gasteiger partial charge on any atom is -0.374 e. The Morgan fingerprint density at radius 2 is 2.19 bits per heavy atom. The zero-order valence-electron chi connectivity index (χ0n) is 15.2. The van der Waals surface area contributed by atoms with Crippen LogP contribution < -0.4 is 5.73 Å². The van der Waals surface area contributed by atoms with Crippen LogP contribution in [0.5, 0.6) is 0 Å². The molecule has 0 saturated heterocycles. The van der Waals surface area contributed by atoms with Crippen molar-refractivity contribution in [3.05, 3.63) is 41.4 Å². The van der Waals surface area contributed by atoms with E-state index in [9.17, 15) is 10.1 Å². The highest BCUT2D eigenvalue weighted by molar-refractivity contribution is 6.10. The lowest BCUT2D eigenvalue weighted by Gasteiger charge is -2.40. The number of allylic oxidation sites excluding steroid dienone is 1. The molecule has 0 amide bonds. The first-order valence-electron chi connectivity index (χ1n) is 8.88. The smallest absolute Gasteiger partial charge is 0.143 e. The van der Waals surface area contributed by atoms with Gasteiger partial charge in [0.1, 0.15) is 5.78 Å². The predicted molar refractivity (Wildman–Crippen MR) is 98.4 cm³/mol. The summed E-state index contributed by atoms with van der Waals surface area (Å²) in [4.78, 5) is 21.9. The average molecular weight is 352 g/mol. The fourth-order valence-corrected chi connectivity index (χ4v) is 3.91. The summed E-state index contributed by atoms with van der Waals surface area (Å²) in [5.74, 6) is -0.593. The third kappa shape index (κ3) is 3.59. The molecule has 6 heteroatoms. The molecule has 3 rings (SSSR count). The minimum atomic E-state index is -0.389. The Morgan fingerprint density at radius 1 is 1.38 bits per heavy atom. The lowest BCUT2D eigenvalue weighted by atomic mass is 9.63. The number of nitriles is 1. The van der Waals surface area contributed by atoms with Crippen molar-refractivity contribution >= 4 is 11.5 Å². The van der Waals surface area contributed by atoms with Crippen molar-refractivity contribution in [2.75, 3.05) is 19.8 Å². The van der Waals surface area contributed by atoms with Crippen LogP contribution in [0.25, 0.3) is 0 Å². The number of ketones is 1. The molecule has 1 fully saturated rings. The number of nitrogens with zero attached hydrogens (tertiary/aromatic N) is 3. The van der Waals surface area contributed by atoms with Crippen molar-refractivity contribution < 1.29 is 9.53 Å². The third-order valence-corrected chi connectivity index (χ3v) is 4.92. The Kier molecular flexibility index (Phi) is 5.30. The molecule has 2 atom stereocenters. The largest absolute Gasteiger partial charge is 0.374 e. The molecule has 0 radical (unpaired) electrons. The van der Waals surface area contributed by atoms with E-state index >= 15 is 0 Å². The van der Waals surface area contributed by atoms with Crippen molar-refractivity contribution in [1.82, 2.24) is 4.98 Å². The highest BCUT2D eigenvalue weighted by atomic mass is 16.5. The summed E-state index contributed by atoms with van der Waals surface area (Å²) >= 11 is 0. The zero-order valence-corrected chi connectivity index (χ0v) is 15.2. The van der Waals surface area contributed by atoms with E-state index in [4.69, 9.17) is 15.5 Å².